The van der Waals surface area contributed by atoms with Crippen LogP contribution in [0.25, 0.3) is 0 Å². The number of para-hydroxylation sites is 1. The monoisotopic (exact) mass is 305 g/mol. The van der Waals surface area contributed by atoms with Crippen LogP contribution in [0, 0.1) is 0 Å². The number of carbonyl (C=O) groups excluding carboxylic acids is 2. The number of rotatable bonds is 4. The number of Topliss-reactive ketones (excluding diaryl/α,β-unsaturated/α-hetero) is 1. The van der Waals surface area contributed by atoms with Gasteiger partial charge in [0.25, 0.3) is 5.91 Å². The number of carbonyl (C=O) groups is 2. The van der Waals surface area contributed by atoms with Gasteiger partial charge < -0.3 is 14.7 Å². The molecule has 0 saturated carbocycles. The first kappa shape index (κ1) is 15.1. The van der Waals surface area contributed by atoms with E-state index in [9.17, 15) is 14.7 Å². The molecule has 2 heterocycles. The molecule has 0 unspecified atom stereocenters. The number of amides is 1. The lowest BCUT2D eigenvalue weighted by atomic mass is 9.90. The van der Waals surface area contributed by atoms with Crippen molar-refractivity contribution >= 4 is 17.4 Å². The lowest BCUT2D eigenvalue weighted by Crippen LogP contribution is -3.15. The largest absolute Gasteiger partial charge is 0.375 e. The zero-order valence-corrected chi connectivity index (χ0v) is 12.7. The second-order valence-corrected chi connectivity index (χ2v) is 6.01. The van der Waals surface area contributed by atoms with Crippen LogP contribution in [0.2, 0.25) is 0 Å². The van der Waals surface area contributed by atoms with Gasteiger partial charge in [-0.2, -0.15) is 0 Å². The summed E-state index contributed by atoms with van der Waals surface area (Å²) in [4.78, 5) is 27.1. The third kappa shape index (κ3) is 2.54. The molecule has 2 aliphatic rings. The quantitative estimate of drug-likeness (QED) is 0.754. The molecule has 118 valence electrons. The number of benzene rings is 1. The molecule has 1 atom stereocenters. The van der Waals surface area contributed by atoms with E-state index < -0.39 is 11.5 Å². The summed E-state index contributed by atoms with van der Waals surface area (Å²) in [5, 5.41) is 10.8. The van der Waals surface area contributed by atoms with Gasteiger partial charge in [0.1, 0.15) is 18.9 Å². The minimum Gasteiger partial charge on any atom is -0.375 e. The van der Waals surface area contributed by atoms with Crippen molar-refractivity contribution < 1.29 is 24.3 Å². The number of ether oxygens (including phenoxy) is 1. The molecular formula is C16H21N2O4+. The Morgan fingerprint density at radius 1 is 1.36 bits per heavy atom. The van der Waals surface area contributed by atoms with E-state index in [-0.39, 0.29) is 12.2 Å². The third-order valence-corrected chi connectivity index (χ3v) is 4.33. The van der Waals surface area contributed by atoms with Crippen molar-refractivity contribution in [2.45, 2.75) is 18.9 Å². The molecule has 1 aromatic carbocycles. The van der Waals surface area contributed by atoms with Gasteiger partial charge in [-0.15, -0.1) is 0 Å². The number of fused-ring (bicyclic) bond motifs is 1. The molecule has 6 heteroatoms. The van der Waals surface area contributed by atoms with E-state index in [1.807, 2.05) is 12.1 Å². The Morgan fingerprint density at radius 2 is 2.05 bits per heavy atom. The molecule has 3 rings (SSSR count). The molecule has 0 aliphatic carbocycles. The Kier molecular flexibility index (Phi) is 3.99. The zero-order valence-electron chi connectivity index (χ0n) is 12.7. The van der Waals surface area contributed by atoms with Crippen molar-refractivity contribution in [3.05, 3.63) is 29.8 Å². The predicted molar refractivity (Wildman–Crippen MR) is 79.5 cm³/mol. The standard InChI is InChI=1S/C16H20N2O4/c1-12(19)10-16(21)13-4-2-3-5-14(13)18(15(16)20)11-17-6-8-22-9-7-17/h2-5,21H,6-11H2,1H3/p+1/t16-/m0/s1. The summed E-state index contributed by atoms with van der Waals surface area (Å²) in [7, 11) is 0. The van der Waals surface area contributed by atoms with Gasteiger partial charge in [0.05, 0.1) is 18.9 Å². The van der Waals surface area contributed by atoms with Gasteiger partial charge in [0, 0.05) is 12.0 Å². The molecule has 1 saturated heterocycles. The van der Waals surface area contributed by atoms with Crippen LogP contribution < -0.4 is 9.80 Å². The van der Waals surface area contributed by atoms with Gasteiger partial charge in [-0.25, -0.2) is 0 Å². The van der Waals surface area contributed by atoms with Crippen LogP contribution in [0.3, 0.4) is 0 Å². The molecule has 0 spiro atoms. The smallest absolute Gasteiger partial charge is 0.268 e. The predicted octanol–water partition coefficient (Wildman–Crippen LogP) is -0.927. The first-order valence-electron chi connectivity index (χ1n) is 7.57. The average molecular weight is 305 g/mol. The summed E-state index contributed by atoms with van der Waals surface area (Å²) in [6, 6.07) is 7.17. The fourth-order valence-corrected chi connectivity index (χ4v) is 3.24. The Hall–Kier alpha value is -1.76. The number of hydrogen-bond donors (Lipinski definition) is 2. The van der Waals surface area contributed by atoms with Gasteiger partial charge in [-0.05, 0) is 13.0 Å². The van der Waals surface area contributed by atoms with E-state index in [0.717, 1.165) is 13.1 Å². The summed E-state index contributed by atoms with van der Waals surface area (Å²) in [6.07, 6.45) is -0.183. The van der Waals surface area contributed by atoms with Gasteiger partial charge in [-0.3, -0.25) is 14.5 Å². The normalized spacial score (nSPS) is 25.4. The van der Waals surface area contributed by atoms with Gasteiger partial charge in [0.2, 0.25) is 0 Å². The topological polar surface area (TPSA) is 71.3 Å². The van der Waals surface area contributed by atoms with E-state index in [2.05, 4.69) is 0 Å². The molecule has 0 aromatic heterocycles. The highest BCUT2D eigenvalue weighted by Gasteiger charge is 2.51. The van der Waals surface area contributed by atoms with Crippen LogP contribution in [0.15, 0.2) is 24.3 Å². The maximum Gasteiger partial charge on any atom is 0.268 e. The number of anilines is 1. The second-order valence-electron chi connectivity index (χ2n) is 6.01. The molecule has 1 fully saturated rings. The van der Waals surface area contributed by atoms with E-state index in [1.165, 1.54) is 11.8 Å². The maximum absolute atomic E-state index is 12.8. The molecule has 1 aromatic rings. The minimum atomic E-state index is -1.73. The second kappa shape index (κ2) is 5.79. The van der Waals surface area contributed by atoms with Gasteiger partial charge >= 0.3 is 0 Å². The van der Waals surface area contributed by atoms with Crippen molar-refractivity contribution in [2.75, 3.05) is 37.9 Å². The van der Waals surface area contributed by atoms with Crippen molar-refractivity contribution in [1.82, 2.24) is 0 Å². The number of quaternary nitrogens is 1. The molecule has 22 heavy (non-hydrogen) atoms. The van der Waals surface area contributed by atoms with Gasteiger partial charge in [-0.1, -0.05) is 18.2 Å². The van der Waals surface area contributed by atoms with Crippen LogP contribution in [0.1, 0.15) is 18.9 Å². The number of ketones is 1. The number of nitrogens with zero attached hydrogens (tertiary/aromatic N) is 1. The number of nitrogens with one attached hydrogen (secondary N) is 1. The highest BCUT2D eigenvalue weighted by Crippen LogP contribution is 2.41. The number of aliphatic hydroxyl groups is 1. The Bertz CT molecular complexity index is 598. The summed E-state index contributed by atoms with van der Waals surface area (Å²) >= 11 is 0. The van der Waals surface area contributed by atoms with E-state index in [0.29, 0.717) is 31.1 Å². The van der Waals surface area contributed by atoms with E-state index >= 15 is 0 Å². The SMILES string of the molecule is CC(=O)C[C@@]1(O)C(=O)N(C[NH+]2CCOCC2)c2ccccc21. The third-order valence-electron chi connectivity index (χ3n) is 4.33. The molecule has 6 nitrogen and oxygen atoms in total. The van der Waals surface area contributed by atoms with Crippen LogP contribution in [-0.2, 0) is 19.9 Å². The summed E-state index contributed by atoms with van der Waals surface area (Å²) in [5.41, 5.74) is -0.494. The Morgan fingerprint density at radius 3 is 2.73 bits per heavy atom. The summed E-state index contributed by atoms with van der Waals surface area (Å²) in [5.74, 6) is -0.603. The lowest BCUT2D eigenvalue weighted by molar-refractivity contribution is -0.906. The van der Waals surface area contributed by atoms with E-state index in [1.54, 1.807) is 17.0 Å². The Labute approximate surface area is 129 Å². The zero-order chi connectivity index (χ0) is 15.7. The van der Waals surface area contributed by atoms with E-state index in [4.69, 9.17) is 4.74 Å². The van der Waals surface area contributed by atoms with Crippen molar-refractivity contribution in [1.29, 1.82) is 0 Å². The number of hydrogen-bond acceptors (Lipinski definition) is 4. The van der Waals surface area contributed by atoms with Crippen LogP contribution >= 0.6 is 0 Å². The maximum atomic E-state index is 12.8. The molecule has 2 aliphatic heterocycles. The highest BCUT2D eigenvalue weighted by molar-refractivity contribution is 6.08. The molecule has 1 amide bonds. The van der Waals surface area contributed by atoms with Crippen LogP contribution in [0.5, 0.6) is 0 Å². The molecule has 0 bridgehead atoms. The van der Waals surface area contributed by atoms with Crippen LogP contribution in [-0.4, -0.2) is 49.8 Å². The number of morpholine rings is 1. The average Bonchev–Trinajstić information content (AvgIpc) is 2.70. The minimum absolute atomic E-state index is 0.183. The van der Waals surface area contributed by atoms with Gasteiger partial charge in [0.15, 0.2) is 12.3 Å². The fourth-order valence-electron chi connectivity index (χ4n) is 3.24. The van der Waals surface area contributed by atoms with Crippen molar-refractivity contribution in [3.63, 3.8) is 0 Å². The fraction of sp³-hybridized carbons (Fsp3) is 0.500. The molecule has 0 radical (unpaired) electrons. The highest BCUT2D eigenvalue weighted by atomic mass is 16.5. The first-order valence-corrected chi connectivity index (χ1v) is 7.57. The molecular weight excluding hydrogens is 284 g/mol. The Balaban J connectivity index is 1.91. The first-order chi connectivity index (χ1) is 10.5. The summed E-state index contributed by atoms with van der Waals surface area (Å²) in [6.45, 7) is 4.89. The van der Waals surface area contributed by atoms with Crippen molar-refractivity contribution in [3.8, 4) is 0 Å². The lowest BCUT2D eigenvalue weighted by Gasteiger charge is -2.29. The molecule has 2 N–H and O–H groups in total. The van der Waals surface area contributed by atoms with Crippen LogP contribution in [0.4, 0.5) is 5.69 Å². The van der Waals surface area contributed by atoms with Crippen molar-refractivity contribution in [2.24, 2.45) is 0 Å². The summed E-state index contributed by atoms with van der Waals surface area (Å²) < 4.78 is 5.34.